The number of hydrogen-bond acceptors (Lipinski definition) is 3. The quantitative estimate of drug-likeness (QED) is 0.637. The number of aliphatic carboxylic acids is 1. The fourth-order valence-corrected chi connectivity index (χ4v) is 1.67. The topological polar surface area (TPSA) is 89.9 Å². The van der Waals surface area contributed by atoms with Crippen LogP contribution in [0.5, 0.6) is 0 Å². The molecular weight excluding hydrogens is 212 g/mol. The minimum absolute atomic E-state index is 0.0673. The van der Waals surface area contributed by atoms with Gasteiger partial charge in [-0.3, -0.25) is 4.79 Å². The number of likely N-dealkylation sites (tertiary alicyclic amines) is 1. The van der Waals surface area contributed by atoms with Crippen LogP contribution in [-0.2, 0) is 4.79 Å². The van der Waals surface area contributed by atoms with E-state index in [0.717, 1.165) is 12.8 Å². The molecule has 1 rings (SSSR count). The Morgan fingerprint density at radius 1 is 1.31 bits per heavy atom. The van der Waals surface area contributed by atoms with E-state index in [1.807, 2.05) is 0 Å². The Morgan fingerprint density at radius 2 is 2.06 bits per heavy atom. The summed E-state index contributed by atoms with van der Waals surface area (Å²) in [5, 5.41) is 20.4. The van der Waals surface area contributed by atoms with Crippen LogP contribution >= 0.6 is 0 Å². The first kappa shape index (κ1) is 12.8. The summed E-state index contributed by atoms with van der Waals surface area (Å²) in [5.41, 5.74) is 0. The molecule has 0 aromatic rings. The highest BCUT2D eigenvalue weighted by atomic mass is 16.4. The molecule has 0 spiro atoms. The first-order valence-electron chi connectivity index (χ1n) is 5.52. The highest BCUT2D eigenvalue weighted by Gasteiger charge is 2.18. The number of hydrogen-bond donors (Lipinski definition) is 3. The van der Waals surface area contributed by atoms with Gasteiger partial charge in [-0.05, 0) is 19.3 Å². The van der Waals surface area contributed by atoms with Crippen LogP contribution in [0.25, 0.3) is 0 Å². The molecule has 1 fully saturated rings. The van der Waals surface area contributed by atoms with Gasteiger partial charge in [-0.25, -0.2) is 4.79 Å². The number of aliphatic hydroxyl groups is 1. The van der Waals surface area contributed by atoms with E-state index in [1.54, 1.807) is 4.90 Å². The van der Waals surface area contributed by atoms with Crippen molar-refractivity contribution in [1.82, 2.24) is 10.2 Å². The van der Waals surface area contributed by atoms with Gasteiger partial charge in [0.25, 0.3) is 0 Å². The average Bonchev–Trinajstić information content (AvgIpc) is 2.42. The Morgan fingerprint density at radius 3 is 2.75 bits per heavy atom. The van der Waals surface area contributed by atoms with Crippen molar-refractivity contribution in [2.75, 3.05) is 19.6 Å². The number of urea groups is 1. The Bertz CT molecular complexity index is 257. The maximum atomic E-state index is 11.6. The largest absolute Gasteiger partial charge is 0.481 e. The van der Waals surface area contributed by atoms with E-state index >= 15 is 0 Å². The van der Waals surface area contributed by atoms with Crippen LogP contribution in [0.3, 0.4) is 0 Å². The van der Waals surface area contributed by atoms with Crippen LogP contribution in [0, 0.1) is 0 Å². The fraction of sp³-hybridized carbons (Fsp3) is 0.800. The van der Waals surface area contributed by atoms with Gasteiger partial charge in [-0.1, -0.05) is 0 Å². The summed E-state index contributed by atoms with van der Waals surface area (Å²) < 4.78 is 0. The van der Waals surface area contributed by atoms with Crippen molar-refractivity contribution in [2.45, 2.75) is 31.8 Å². The van der Waals surface area contributed by atoms with E-state index in [-0.39, 0.29) is 25.1 Å². The average molecular weight is 230 g/mol. The Kier molecular flexibility index (Phi) is 5.04. The normalized spacial score (nSPS) is 21.3. The molecule has 6 nitrogen and oxygen atoms in total. The Hall–Kier alpha value is -1.30. The van der Waals surface area contributed by atoms with Gasteiger partial charge in [0.05, 0.1) is 12.5 Å². The maximum Gasteiger partial charge on any atom is 0.317 e. The molecule has 0 aliphatic carbocycles. The van der Waals surface area contributed by atoms with Crippen molar-refractivity contribution in [3.05, 3.63) is 0 Å². The van der Waals surface area contributed by atoms with Crippen LogP contribution in [-0.4, -0.2) is 52.9 Å². The predicted molar refractivity (Wildman–Crippen MR) is 57.1 cm³/mol. The standard InChI is InChI=1S/C10H18N2O4/c13-8-2-1-6-12(7-4-8)10(16)11-5-3-9(14)15/h8,13H,1-7H2,(H,11,16)(H,14,15). The summed E-state index contributed by atoms with van der Waals surface area (Å²) >= 11 is 0. The molecule has 2 amide bonds. The third kappa shape index (κ3) is 4.48. The number of carboxylic acids is 1. The third-order valence-corrected chi connectivity index (χ3v) is 2.60. The number of nitrogens with one attached hydrogen (secondary N) is 1. The van der Waals surface area contributed by atoms with E-state index in [0.29, 0.717) is 19.5 Å². The lowest BCUT2D eigenvalue weighted by molar-refractivity contribution is -0.136. The molecule has 16 heavy (non-hydrogen) atoms. The molecule has 92 valence electrons. The molecule has 0 bridgehead atoms. The Balaban J connectivity index is 2.27. The summed E-state index contributed by atoms with van der Waals surface area (Å²) in [6.45, 7) is 1.29. The smallest absolute Gasteiger partial charge is 0.317 e. The molecule has 1 aliphatic heterocycles. The van der Waals surface area contributed by atoms with Crippen LogP contribution in [0.4, 0.5) is 4.79 Å². The lowest BCUT2D eigenvalue weighted by Gasteiger charge is -2.20. The number of carbonyl (C=O) groups is 2. The fourth-order valence-electron chi connectivity index (χ4n) is 1.67. The van der Waals surface area contributed by atoms with Crippen LogP contribution < -0.4 is 5.32 Å². The highest BCUT2D eigenvalue weighted by molar-refractivity contribution is 5.75. The van der Waals surface area contributed by atoms with Gasteiger partial charge in [-0.2, -0.15) is 0 Å². The van der Waals surface area contributed by atoms with E-state index in [1.165, 1.54) is 0 Å². The molecule has 3 N–H and O–H groups in total. The monoisotopic (exact) mass is 230 g/mol. The van der Waals surface area contributed by atoms with Gasteiger partial charge in [0.2, 0.25) is 0 Å². The SMILES string of the molecule is O=C(O)CCNC(=O)N1CCCC(O)CC1. The molecule has 0 radical (unpaired) electrons. The van der Waals surface area contributed by atoms with Gasteiger partial charge in [0.1, 0.15) is 0 Å². The summed E-state index contributed by atoms with van der Waals surface area (Å²) in [6, 6.07) is -0.240. The summed E-state index contributed by atoms with van der Waals surface area (Å²) in [6.07, 6.45) is 1.71. The van der Waals surface area contributed by atoms with Crippen molar-refractivity contribution < 1.29 is 19.8 Å². The lowest BCUT2D eigenvalue weighted by Crippen LogP contribution is -2.41. The van der Waals surface area contributed by atoms with Crippen LogP contribution in [0.2, 0.25) is 0 Å². The minimum Gasteiger partial charge on any atom is -0.481 e. The molecule has 1 atom stereocenters. The minimum atomic E-state index is -0.924. The number of rotatable bonds is 3. The first-order chi connectivity index (χ1) is 7.59. The summed E-state index contributed by atoms with van der Waals surface area (Å²) in [5.74, 6) is -0.924. The summed E-state index contributed by atoms with van der Waals surface area (Å²) in [4.78, 5) is 23.5. The number of carbonyl (C=O) groups excluding carboxylic acids is 1. The molecule has 0 aromatic carbocycles. The molecule has 0 aromatic heterocycles. The Labute approximate surface area is 94.2 Å². The predicted octanol–water partition coefficient (Wildman–Crippen LogP) is 0.0175. The zero-order valence-electron chi connectivity index (χ0n) is 9.19. The second-order valence-corrected chi connectivity index (χ2v) is 3.95. The highest BCUT2D eigenvalue weighted by Crippen LogP contribution is 2.10. The van der Waals surface area contributed by atoms with Gasteiger partial charge < -0.3 is 20.4 Å². The number of carboxylic acid groups (broad SMARTS) is 1. The number of nitrogens with zero attached hydrogens (tertiary/aromatic N) is 1. The molecule has 1 aliphatic rings. The van der Waals surface area contributed by atoms with Crippen molar-refractivity contribution in [1.29, 1.82) is 0 Å². The van der Waals surface area contributed by atoms with Crippen molar-refractivity contribution in [3.63, 3.8) is 0 Å². The van der Waals surface area contributed by atoms with Gasteiger partial charge in [0, 0.05) is 19.6 Å². The number of aliphatic hydroxyl groups excluding tert-OH is 1. The van der Waals surface area contributed by atoms with Crippen molar-refractivity contribution in [2.24, 2.45) is 0 Å². The van der Waals surface area contributed by atoms with Crippen molar-refractivity contribution in [3.8, 4) is 0 Å². The molecule has 1 heterocycles. The zero-order valence-corrected chi connectivity index (χ0v) is 9.19. The summed E-state index contributed by atoms with van der Waals surface area (Å²) in [7, 11) is 0. The van der Waals surface area contributed by atoms with Crippen LogP contribution in [0.1, 0.15) is 25.7 Å². The lowest BCUT2D eigenvalue weighted by atomic mass is 10.2. The van der Waals surface area contributed by atoms with Gasteiger partial charge in [-0.15, -0.1) is 0 Å². The molecule has 1 saturated heterocycles. The molecular formula is C10H18N2O4. The maximum absolute atomic E-state index is 11.6. The van der Waals surface area contributed by atoms with Gasteiger partial charge >= 0.3 is 12.0 Å². The van der Waals surface area contributed by atoms with Crippen LogP contribution in [0.15, 0.2) is 0 Å². The van der Waals surface area contributed by atoms with Gasteiger partial charge in [0.15, 0.2) is 0 Å². The second kappa shape index (κ2) is 6.32. The van der Waals surface area contributed by atoms with E-state index < -0.39 is 5.97 Å². The van der Waals surface area contributed by atoms with E-state index in [9.17, 15) is 14.7 Å². The second-order valence-electron chi connectivity index (χ2n) is 3.95. The zero-order chi connectivity index (χ0) is 12.0. The number of amides is 2. The van der Waals surface area contributed by atoms with Crippen molar-refractivity contribution >= 4 is 12.0 Å². The third-order valence-electron chi connectivity index (χ3n) is 2.60. The van der Waals surface area contributed by atoms with E-state index in [4.69, 9.17) is 5.11 Å². The molecule has 0 saturated carbocycles. The first-order valence-corrected chi connectivity index (χ1v) is 5.52. The molecule has 6 heteroatoms. The molecule has 1 unspecified atom stereocenters. The van der Waals surface area contributed by atoms with E-state index in [2.05, 4.69) is 5.32 Å².